The summed E-state index contributed by atoms with van der Waals surface area (Å²) in [4.78, 5) is 35.0. The predicted octanol–water partition coefficient (Wildman–Crippen LogP) is 4.59. The summed E-state index contributed by atoms with van der Waals surface area (Å²) in [6.45, 7) is 7.86. The zero-order chi connectivity index (χ0) is 28.1. The van der Waals surface area contributed by atoms with Crippen LogP contribution < -0.4 is 9.47 Å². The van der Waals surface area contributed by atoms with Crippen molar-refractivity contribution in [2.24, 2.45) is 0 Å². The molecule has 1 unspecified atom stereocenters. The maximum Gasteiger partial charge on any atom is 0.295 e. The number of likely N-dealkylation sites (tertiary alicyclic amines) is 1. The van der Waals surface area contributed by atoms with Gasteiger partial charge >= 0.3 is 0 Å². The van der Waals surface area contributed by atoms with Gasteiger partial charge in [0, 0.05) is 12.7 Å². The lowest BCUT2D eigenvalue weighted by molar-refractivity contribution is -0.139. The first-order valence-corrected chi connectivity index (χ1v) is 13.5. The van der Waals surface area contributed by atoms with Crippen LogP contribution in [0.5, 0.6) is 11.5 Å². The van der Waals surface area contributed by atoms with E-state index < -0.39 is 17.7 Å². The lowest BCUT2D eigenvalue weighted by Gasteiger charge is -2.26. The van der Waals surface area contributed by atoms with Gasteiger partial charge in [-0.3, -0.25) is 14.0 Å². The number of fused-ring (bicyclic) bond motifs is 1. The van der Waals surface area contributed by atoms with Crippen LogP contribution in [0.15, 0.2) is 48.2 Å². The summed E-state index contributed by atoms with van der Waals surface area (Å²) in [5.74, 6) is -0.444. The van der Waals surface area contributed by atoms with Gasteiger partial charge in [0.15, 0.2) is 17.3 Å². The molecule has 208 valence electrons. The van der Waals surface area contributed by atoms with Crippen LogP contribution >= 0.6 is 0 Å². The highest BCUT2D eigenvalue weighted by Crippen LogP contribution is 2.42. The summed E-state index contributed by atoms with van der Waals surface area (Å²) >= 11 is 0. The van der Waals surface area contributed by atoms with Crippen molar-refractivity contribution in [2.75, 3.05) is 40.4 Å². The Morgan fingerprint density at radius 1 is 1.08 bits per heavy atom. The maximum absolute atomic E-state index is 13.5. The highest BCUT2D eigenvalue weighted by molar-refractivity contribution is 6.46. The number of unbranched alkanes of at least 4 members (excludes halogenated alkanes) is 1. The number of aliphatic hydroxyl groups is 1. The molecule has 9 nitrogen and oxygen atoms in total. The van der Waals surface area contributed by atoms with E-state index in [1.54, 1.807) is 22.4 Å². The van der Waals surface area contributed by atoms with E-state index in [4.69, 9.17) is 9.47 Å². The minimum atomic E-state index is -0.787. The van der Waals surface area contributed by atoms with E-state index >= 15 is 0 Å². The number of pyridine rings is 1. The summed E-state index contributed by atoms with van der Waals surface area (Å²) in [7, 11) is 3.93. The standard InChI is InChI=1S/C30H38N4O5/c1-6-8-18-39-22-14-13-21(19-23(22)38-7-2)27-25(29(36)30(37)34(27)17-11-15-32(4)5)28(35)26-20(3)31-24-12-9-10-16-33(24)26/h9-10,12-14,16,19,27,35H,6-8,11,15,17-18H2,1-5H3. The van der Waals surface area contributed by atoms with Crippen LogP contribution in [0, 0.1) is 6.92 Å². The smallest absolute Gasteiger partial charge is 0.295 e. The van der Waals surface area contributed by atoms with Crippen molar-refractivity contribution in [1.29, 1.82) is 0 Å². The van der Waals surface area contributed by atoms with Gasteiger partial charge in [0.25, 0.3) is 11.7 Å². The van der Waals surface area contributed by atoms with Crippen molar-refractivity contribution in [3.05, 3.63) is 65.1 Å². The maximum atomic E-state index is 13.5. The topological polar surface area (TPSA) is 96.6 Å². The monoisotopic (exact) mass is 534 g/mol. The van der Waals surface area contributed by atoms with Gasteiger partial charge in [0.2, 0.25) is 0 Å². The zero-order valence-electron chi connectivity index (χ0n) is 23.4. The number of Topliss-reactive ketones (excluding diaryl/α,β-unsaturated/α-hetero) is 1. The third kappa shape index (κ3) is 5.78. The van der Waals surface area contributed by atoms with Crippen LogP contribution in [0.4, 0.5) is 0 Å². The second kappa shape index (κ2) is 12.3. The molecule has 1 atom stereocenters. The Kier molecular flexibility index (Phi) is 8.91. The molecule has 0 aliphatic carbocycles. The highest BCUT2D eigenvalue weighted by Gasteiger charge is 2.46. The summed E-state index contributed by atoms with van der Waals surface area (Å²) in [6.07, 6.45) is 4.37. The van der Waals surface area contributed by atoms with E-state index in [0.717, 1.165) is 19.4 Å². The van der Waals surface area contributed by atoms with Crippen molar-refractivity contribution >= 4 is 23.1 Å². The molecule has 0 saturated carbocycles. The first-order valence-electron chi connectivity index (χ1n) is 13.5. The SMILES string of the molecule is CCCCOc1ccc(C2C(=C(O)c3c(C)nc4ccccn34)C(=O)C(=O)N2CCCN(C)C)cc1OCC. The van der Waals surface area contributed by atoms with Crippen molar-refractivity contribution < 1.29 is 24.2 Å². The van der Waals surface area contributed by atoms with Crippen molar-refractivity contribution in [3.63, 3.8) is 0 Å². The number of benzene rings is 1. The second-order valence-corrected chi connectivity index (χ2v) is 9.97. The number of aliphatic hydroxyl groups excluding tert-OH is 1. The minimum absolute atomic E-state index is 0.0423. The van der Waals surface area contributed by atoms with E-state index in [1.807, 2.05) is 62.3 Å². The Morgan fingerprint density at radius 2 is 1.87 bits per heavy atom. The van der Waals surface area contributed by atoms with Crippen LogP contribution in [-0.4, -0.2) is 76.4 Å². The molecule has 3 aromatic rings. The molecule has 0 radical (unpaired) electrons. The summed E-state index contributed by atoms with van der Waals surface area (Å²) in [6, 6.07) is 10.2. The minimum Gasteiger partial charge on any atom is -0.505 e. The first-order chi connectivity index (χ1) is 18.8. The van der Waals surface area contributed by atoms with E-state index in [2.05, 4.69) is 11.9 Å². The molecule has 1 aliphatic heterocycles. The Hall–Kier alpha value is -3.85. The van der Waals surface area contributed by atoms with Gasteiger partial charge in [0.1, 0.15) is 11.3 Å². The fraction of sp³-hybridized carbons (Fsp3) is 0.433. The number of aromatic nitrogens is 2. The third-order valence-corrected chi connectivity index (χ3v) is 6.81. The van der Waals surface area contributed by atoms with E-state index in [1.165, 1.54) is 0 Å². The van der Waals surface area contributed by atoms with Gasteiger partial charge in [0.05, 0.1) is 30.5 Å². The lowest BCUT2D eigenvalue weighted by Crippen LogP contribution is -2.32. The number of nitrogens with zero attached hydrogens (tertiary/aromatic N) is 4. The largest absolute Gasteiger partial charge is 0.505 e. The van der Waals surface area contributed by atoms with E-state index in [-0.39, 0.29) is 11.3 Å². The fourth-order valence-electron chi connectivity index (χ4n) is 4.95. The first kappa shape index (κ1) is 28.2. The number of carbonyl (C=O) groups is 2. The average molecular weight is 535 g/mol. The number of hydrogen-bond donors (Lipinski definition) is 1. The van der Waals surface area contributed by atoms with Gasteiger partial charge in [-0.15, -0.1) is 0 Å². The predicted molar refractivity (Wildman–Crippen MR) is 150 cm³/mol. The molecule has 1 aliphatic rings. The molecule has 4 rings (SSSR count). The second-order valence-electron chi connectivity index (χ2n) is 9.97. The number of rotatable bonds is 12. The van der Waals surface area contributed by atoms with E-state index in [0.29, 0.717) is 60.3 Å². The summed E-state index contributed by atoms with van der Waals surface area (Å²) in [5.41, 5.74) is 2.30. The quantitative estimate of drug-likeness (QED) is 0.157. The zero-order valence-corrected chi connectivity index (χ0v) is 23.4. The lowest BCUT2D eigenvalue weighted by atomic mass is 9.95. The van der Waals surface area contributed by atoms with Crippen molar-refractivity contribution in [2.45, 2.75) is 46.1 Å². The molecular formula is C30H38N4O5. The molecule has 1 aromatic carbocycles. The average Bonchev–Trinajstić information content (AvgIpc) is 3.37. The van der Waals surface area contributed by atoms with Crippen LogP contribution in [-0.2, 0) is 9.59 Å². The van der Waals surface area contributed by atoms with Gasteiger partial charge in [-0.05, 0) is 77.2 Å². The third-order valence-electron chi connectivity index (χ3n) is 6.81. The van der Waals surface area contributed by atoms with Crippen LogP contribution in [0.3, 0.4) is 0 Å². The molecule has 3 heterocycles. The normalized spacial score (nSPS) is 17.0. The number of ketones is 1. The van der Waals surface area contributed by atoms with Gasteiger partial charge < -0.3 is 24.4 Å². The summed E-state index contributed by atoms with van der Waals surface area (Å²) < 4.78 is 13.6. The number of amides is 1. The number of ether oxygens (including phenoxy) is 2. The fourth-order valence-corrected chi connectivity index (χ4v) is 4.95. The Bertz CT molecular complexity index is 1380. The van der Waals surface area contributed by atoms with Crippen molar-refractivity contribution in [3.8, 4) is 11.5 Å². The van der Waals surface area contributed by atoms with E-state index in [9.17, 15) is 14.7 Å². The van der Waals surface area contributed by atoms with Crippen LogP contribution in [0.2, 0.25) is 0 Å². The number of imidazole rings is 1. The number of aryl methyl sites for hydroxylation is 1. The Balaban J connectivity index is 1.86. The Morgan fingerprint density at radius 3 is 2.59 bits per heavy atom. The van der Waals surface area contributed by atoms with Crippen LogP contribution in [0.25, 0.3) is 11.4 Å². The van der Waals surface area contributed by atoms with Gasteiger partial charge in [-0.1, -0.05) is 25.5 Å². The molecule has 0 bridgehead atoms. The molecule has 9 heteroatoms. The molecular weight excluding hydrogens is 496 g/mol. The van der Waals surface area contributed by atoms with Gasteiger partial charge in [-0.2, -0.15) is 0 Å². The molecule has 1 fully saturated rings. The number of carbonyl (C=O) groups excluding carboxylic acids is 2. The molecule has 1 amide bonds. The summed E-state index contributed by atoms with van der Waals surface area (Å²) in [5, 5.41) is 11.7. The molecule has 2 aromatic heterocycles. The molecule has 0 spiro atoms. The molecule has 1 saturated heterocycles. The number of hydrogen-bond acceptors (Lipinski definition) is 7. The molecule has 39 heavy (non-hydrogen) atoms. The molecule has 1 N–H and O–H groups in total. The van der Waals surface area contributed by atoms with Gasteiger partial charge in [-0.25, -0.2) is 4.98 Å². The van der Waals surface area contributed by atoms with Crippen molar-refractivity contribution in [1.82, 2.24) is 19.2 Å². The van der Waals surface area contributed by atoms with Crippen LogP contribution in [0.1, 0.15) is 56.1 Å². The Labute approximate surface area is 229 Å². The highest BCUT2D eigenvalue weighted by atomic mass is 16.5.